The Bertz CT molecular complexity index is 854. The lowest BCUT2D eigenvalue weighted by molar-refractivity contribution is 0.103. The number of likely N-dealkylation sites (tertiary alicyclic amines) is 1. The molecule has 2 heterocycles. The van der Waals surface area contributed by atoms with Crippen molar-refractivity contribution in [1.29, 1.82) is 0 Å². The van der Waals surface area contributed by atoms with Gasteiger partial charge in [-0.25, -0.2) is 0 Å². The molecule has 2 aliphatic rings. The molecule has 1 saturated heterocycles. The molecule has 0 aromatic heterocycles. The van der Waals surface area contributed by atoms with Gasteiger partial charge in [0, 0.05) is 47.9 Å². The number of hydrogen-bond donors (Lipinski definition) is 2. The highest BCUT2D eigenvalue weighted by molar-refractivity contribution is 6.30. The Hall–Kier alpha value is -1.88. The van der Waals surface area contributed by atoms with Crippen molar-refractivity contribution in [3.05, 3.63) is 64.7 Å². The molecule has 1 atom stereocenters. The molecule has 1 fully saturated rings. The maximum atomic E-state index is 10.5. The summed E-state index contributed by atoms with van der Waals surface area (Å²) in [4.78, 5) is 7.73. The van der Waals surface area contributed by atoms with Crippen LogP contribution in [-0.4, -0.2) is 40.5 Å². The summed E-state index contributed by atoms with van der Waals surface area (Å²) in [5.74, 6) is 0.340. The fourth-order valence-corrected chi connectivity index (χ4v) is 4.49. The van der Waals surface area contributed by atoms with Crippen molar-refractivity contribution in [2.45, 2.75) is 50.9 Å². The van der Waals surface area contributed by atoms with Gasteiger partial charge in [0.15, 0.2) is 0 Å². The maximum absolute atomic E-state index is 10.5. The van der Waals surface area contributed by atoms with Gasteiger partial charge in [-0.1, -0.05) is 41.9 Å². The van der Waals surface area contributed by atoms with Gasteiger partial charge in [0.1, 0.15) is 11.4 Å². The number of benzene rings is 2. The van der Waals surface area contributed by atoms with Crippen molar-refractivity contribution < 1.29 is 5.11 Å². The van der Waals surface area contributed by atoms with Crippen LogP contribution < -0.4 is 5.32 Å². The van der Waals surface area contributed by atoms with Gasteiger partial charge in [-0.3, -0.25) is 10.3 Å². The third kappa shape index (κ3) is 3.95. The van der Waals surface area contributed by atoms with E-state index in [1.165, 1.54) is 0 Å². The number of phenolic OH excluding ortho intramolecular Hbond substituents is 1. The highest BCUT2D eigenvalue weighted by Gasteiger charge is 2.40. The Labute approximate surface area is 172 Å². The average Bonchev–Trinajstić information content (AvgIpc) is 2.69. The maximum Gasteiger partial charge on any atom is 0.120 e. The number of hydrogen-bond acceptors (Lipinski definition) is 4. The molecule has 0 amide bonds. The van der Waals surface area contributed by atoms with E-state index in [1.54, 1.807) is 6.07 Å². The second-order valence-corrected chi connectivity index (χ2v) is 8.62. The van der Waals surface area contributed by atoms with Gasteiger partial charge >= 0.3 is 0 Å². The normalized spacial score (nSPS) is 22.4. The molecule has 1 spiro atoms. The van der Waals surface area contributed by atoms with E-state index in [0.29, 0.717) is 11.8 Å². The predicted octanol–water partition coefficient (Wildman–Crippen LogP) is 4.77. The van der Waals surface area contributed by atoms with Crippen LogP contribution in [0.1, 0.15) is 50.3 Å². The summed E-state index contributed by atoms with van der Waals surface area (Å²) in [6.45, 7) is 6.55. The number of nitrogens with zero attached hydrogens (tertiary/aromatic N) is 2. The zero-order chi connectivity index (χ0) is 19.7. The Morgan fingerprint density at radius 2 is 1.79 bits per heavy atom. The van der Waals surface area contributed by atoms with Crippen LogP contribution >= 0.6 is 11.6 Å². The molecule has 2 N–H and O–H groups in total. The quantitative estimate of drug-likeness (QED) is 0.784. The summed E-state index contributed by atoms with van der Waals surface area (Å²) >= 11 is 6.09. The van der Waals surface area contributed by atoms with Crippen molar-refractivity contribution >= 4 is 17.3 Å². The molecule has 148 valence electrons. The number of aliphatic imine (C=N–C) groups is 1. The monoisotopic (exact) mass is 397 g/mol. The third-order valence-electron chi connectivity index (χ3n) is 6.03. The summed E-state index contributed by atoms with van der Waals surface area (Å²) in [5.41, 5.74) is 2.85. The van der Waals surface area contributed by atoms with E-state index < -0.39 is 0 Å². The van der Waals surface area contributed by atoms with Gasteiger partial charge < -0.3 is 10.0 Å². The van der Waals surface area contributed by atoms with Crippen molar-refractivity contribution in [1.82, 2.24) is 10.2 Å². The van der Waals surface area contributed by atoms with Gasteiger partial charge in [-0.05, 0) is 50.5 Å². The standard InChI is InChI=1S/C23H28ClN3O/c1-16(2)27-13-11-23(12-14-27)25-20(17-7-9-18(24)10-8-17)15-21(26-23)19-5-3-4-6-22(19)28/h3-10,16,21,26,28H,11-15H2,1-2H3. The van der Waals surface area contributed by atoms with E-state index in [0.717, 1.165) is 54.2 Å². The fraction of sp³-hybridized carbons (Fsp3) is 0.435. The first kappa shape index (κ1) is 19.4. The van der Waals surface area contributed by atoms with E-state index in [-0.39, 0.29) is 11.7 Å². The van der Waals surface area contributed by atoms with E-state index >= 15 is 0 Å². The van der Waals surface area contributed by atoms with Crippen LogP contribution in [0.4, 0.5) is 0 Å². The molecule has 0 radical (unpaired) electrons. The molecule has 1 unspecified atom stereocenters. The van der Waals surface area contributed by atoms with Gasteiger partial charge in [-0.2, -0.15) is 0 Å². The minimum Gasteiger partial charge on any atom is -0.508 e. The van der Waals surface area contributed by atoms with Crippen molar-refractivity contribution in [2.75, 3.05) is 13.1 Å². The highest BCUT2D eigenvalue weighted by Crippen LogP contribution is 2.37. The largest absolute Gasteiger partial charge is 0.508 e. The molecule has 0 saturated carbocycles. The molecule has 0 bridgehead atoms. The van der Waals surface area contributed by atoms with Gasteiger partial charge in [-0.15, -0.1) is 0 Å². The molecule has 2 aliphatic heterocycles. The number of aromatic hydroxyl groups is 1. The van der Waals surface area contributed by atoms with Crippen LogP contribution in [0.25, 0.3) is 0 Å². The van der Waals surface area contributed by atoms with Crippen LogP contribution in [0, 0.1) is 0 Å². The smallest absolute Gasteiger partial charge is 0.120 e. The molecule has 2 aromatic carbocycles. The zero-order valence-electron chi connectivity index (χ0n) is 16.5. The molecule has 2 aromatic rings. The lowest BCUT2D eigenvalue weighted by Gasteiger charge is -2.46. The molecule has 4 nitrogen and oxygen atoms in total. The molecule has 4 rings (SSSR count). The van der Waals surface area contributed by atoms with Crippen LogP contribution in [0.2, 0.25) is 5.02 Å². The number of nitrogens with one attached hydrogen (secondary N) is 1. The SMILES string of the molecule is CC(C)N1CCC2(CC1)N=C(c1ccc(Cl)cc1)CC(c1ccccc1O)N2. The number of rotatable bonds is 3. The van der Waals surface area contributed by atoms with E-state index in [4.69, 9.17) is 16.6 Å². The van der Waals surface area contributed by atoms with Crippen LogP contribution in [0.15, 0.2) is 53.5 Å². The Morgan fingerprint density at radius 3 is 2.43 bits per heavy atom. The minimum atomic E-state index is -0.286. The zero-order valence-corrected chi connectivity index (χ0v) is 17.3. The second kappa shape index (κ2) is 7.86. The van der Waals surface area contributed by atoms with Crippen molar-refractivity contribution in [3.63, 3.8) is 0 Å². The first-order valence-electron chi connectivity index (χ1n) is 10.1. The van der Waals surface area contributed by atoms with Gasteiger partial charge in [0.05, 0.1) is 0 Å². The summed E-state index contributed by atoms with van der Waals surface area (Å²) in [6, 6.07) is 16.1. The Kier molecular flexibility index (Phi) is 5.46. The Morgan fingerprint density at radius 1 is 1.11 bits per heavy atom. The number of para-hydroxylation sites is 1. The number of halogens is 1. The molecule has 0 aliphatic carbocycles. The van der Waals surface area contributed by atoms with Crippen molar-refractivity contribution in [2.24, 2.45) is 4.99 Å². The highest BCUT2D eigenvalue weighted by atomic mass is 35.5. The summed E-state index contributed by atoms with van der Waals surface area (Å²) < 4.78 is 0. The fourth-order valence-electron chi connectivity index (χ4n) is 4.37. The summed E-state index contributed by atoms with van der Waals surface area (Å²) in [5, 5.41) is 15.0. The van der Waals surface area contributed by atoms with Crippen LogP contribution in [0.5, 0.6) is 5.75 Å². The Balaban J connectivity index is 1.69. The van der Waals surface area contributed by atoms with Crippen molar-refractivity contribution in [3.8, 4) is 5.75 Å². The second-order valence-electron chi connectivity index (χ2n) is 8.19. The minimum absolute atomic E-state index is 0.0370. The summed E-state index contributed by atoms with van der Waals surface area (Å²) in [6.07, 6.45) is 2.67. The van der Waals surface area contributed by atoms with Gasteiger partial charge in [0.25, 0.3) is 0 Å². The topological polar surface area (TPSA) is 47.9 Å². The first-order valence-corrected chi connectivity index (χ1v) is 10.5. The molecule has 28 heavy (non-hydrogen) atoms. The van der Waals surface area contributed by atoms with E-state index in [1.807, 2.05) is 42.5 Å². The first-order chi connectivity index (χ1) is 13.5. The summed E-state index contributed by atoms with van der Waals surface area (Å²) in [7, 11) is 0. The van der Waals surface area contributed by atoms with E-state index in [2.05, 4.69) is 24.1 Å². The molecular formula is C23H28ClN3O. The molecule has 5 heteroatoms. The van der Waals surface area contributed by atoms with E-state index in [9.17, 15) is 5.11 Å². The lowest BCUT2D eigenvalue weighted by atomic mass is 9.87. The predicted molar refractivity (Wildman–Crippen MR) is 115 cm³/mol. The number of phenols is 1. The average molecular weight is 398 g/mol. The lowest BCUT2D eigenvalue weighted by Crippen LogP contribution is -2.56. The van der Waals surface area contributed by atoms with Crippen LogP contribution in [0.3, 0.4) is 0 Å². The van der Waals surface area contributed by atoms with Gasteiger partial charge in [0.2, 0.25) is 0 Å². The third-order valence-corrected chi connectivity index (χ3v) is 6.29. The molecular weight excluding hydrogens is 370 g/mol. The van der Waals surface area contributed by atoms with Crippen LogP contribution in [-0.2, 0) is 0 Å². The number of piperidine rings is 1.